The third-order valence-corrected chi connectivity index (χ3v) is 5.46. The molecule has 2 heterocycles. The summed E-state index contributed by atoms with van der Waals surface area (Å²) in [6.45, 7) is 2.41. The van der Waals surface area contributed by atoms with Gasteiger partial charge >= 0.3 is 0 Å². The normalized spacial score (nSPS) is 24.6. The summed E-state index contributed by atoms with van der Waals surface area (Å²) < 4.78 is 13.2. The molecule has 2 atom stereocenters. The van der Waals surface area contributed by atoms with Crippen molar-refractivity contribution in [1.29, 1.82) is 0 Å². The molecule has 0 aromatic heterocycles. The maximum Gasteiger partial charge on any atom is 0.264 e. The molecule has 2 aliphatic heterocycles. The Hall–Kier alpha value is -2.11. The van der Waals surface area contributed by atoms with Gasteiger partial charge in [-0.15, -0.1) is 0 Å². The molecule has 134 valence electrons. The fraction of sp³-hybridized carbons (Fsp3) is 0.286. The molecule has 0 saturated carbocycles. The number of halogens is 1. The Bertz CT molecular complexity index is 877. The average Bonchev–Trinajstić information content (AvgIpc) is 2.83. The number of hydrogen-bond acceptors (Lipinski definition) is 3. The molecule has 4 rings (SSSR count). The third kappa shape index (κ3) is 2.85. The van der Waals surface area contributed by atoms with Crippen LogP contribution >= 0.6 is 15.9 Å². The van der Waals surface area contributed by atoms with Gasteiger partial charge in [0.1, 0.15) is 18.5 Å². The van der Waals surface area contributed by atoms with Crippen LogP contribution in [0.4, 0.5) is 5.69 Å². The lowest BCUT2D eigenvalue weighted by atomic mass is 9.85. The van der Waals surface area contributed by atoms with Crippen LogP contribution in [-0.4, -0.2) is 25.7 Å². The van der Waals surface area contributed by atoms with Crippen LogP contribution in [0.5, 0.6) is 5.75 Å². The summed E-state index contributed by atoms with van der Waals surface area (Å²) in [5.41, 5.74) is 2.05. The van der Waals surface area contributed by atoms with E-state index in [9.17, 15) is 4.79 Å². The average molecular weight is 414 g/mol. The van der Waals surface area contributed by atoms with Crippen LogP contribution in [0.1, 0.15) is 18.9 Å². The summed E-state index contributed by atoms with van der Waals surface area (Å²) in [5, 5.41) is 0. The number of benzene rings is 2. The maximum absolute atomic E-state index is 13.1. The van der Waals surface area contributed by atoms with Gasteiger partial charge in [0, 0.05) is 23.5 Å². The Kier molecular flexibility index (Phi) is 4.37. The lowest BCUT2D eigenvalue weighted by Crippen LogP contribution is -2.46. The SMILES string of the molecule is CC1=C[C@H](COc2ccc(Br)cc2)O[C@]2(C1)C(=O)N(C)c1ccccc12. The number of amides is 1. The monoisotopic (exact) mass is 413 g/mol. The number of rotatable bonds is 3. The summed E-state index contributed by atoms with van der Waals surface area (Å²) in [4.78, 5) is 14.8. The minimum Gasteiger partial charge on any atom is -0.491 e. The Labute approximate surface area is 161 Å². The molecular formula is C21H20BrNO3. The van der Waals surface area contributed by atoms with E-state index < -0.39 is 5.60 Å². The molecule has 2 aliphatic rings. The number of likely N-dealkylation sites (N-methyl/N-ethyl adjacent to an activating group) is 1. The van der Waals surface area contributed by atoms with E-state index in [1.165, 1.54) is 0 Å². The van der Waals surface area contributed by atoms with Crippen LogP contribution < -0.4 is 9.64 Å². The van der Waals surface area contributed by atoms with E-state index in [0.717, 1.165) is 27.0 Å². The van der Waals surface area contributed by atoms with Crippen molar-refractivity contribution in [1.82, 2.24) is 0 Å². The van der Waals surface area contributed by atoms with Gasteiger partial charge in [-0.2, -0.15) is 0 Å². The first-order valence-electron chi connectivity index (χ1n) is 8.61. The molecule has 0 fully saturated rings. The number of carbonyl (C=O) groups is 1. The van der Waals surface area contributed by atoms with E-state index in [-0.39, 0.29) is 12.0 Å². The van der Waals surface area contributed by atoms with Gasteiger partial charge in [0.2, 0.25) is 0 Å². The summed E-state index contributed by atoms with van der Waals surface area (Å²) in [5.74, 6) is 0.762. The van der Waals surface area contributed by atoms with Crippen LogP contribution in [0.2, 0.25) is 0 Å². The van der Waals surface area contributed by atoms with Crippen molar-refractivity contribution in [3.8, 4) is 5.75 Å². The number of hydrogen-bond donors (Lipinski definition) is 0. The van der Waals surface area contributed by atoms with Gasteiger partial charge < -0.3 is 14.4 Å². The minimum atomic E-state index is -0.947. The predicted octanol–water partition coefficient (Wildman–Crippen LogP) is 4.44. The Balaban J connectivity index is 1.59. The van der Waals surface area contributed by atoms with Gasteiger partial charge in [0.15, 0.2) is 5.60 Å². The van der Waals surface area contributed by atoms with Gasteiger partial charge in [-0.1, -0.05) is 45.8 Å². The molecule has 0 radical (unpaired) electrons. The van der Waals surface area contributed by atoms with E-state index in [1.807, 2.05) is 55.5 Å². The van der Waals surface area contributed by atoms with Crippen LogP contribution in [-0.2, 0) is 15.1 Å². The smallest absolute Gasteiger partial charge is 0.264 e. The van der Waals surface area contributed by atoms with E-state index >= 15 is 0 Å². The standard InChI is InChI=1S/C21H20BrNO3/c1-14-11-17(13-25-16-9-7-15(22)8-10-16)26-21(12-14)18-5-3-4-6-19(18)23(2)20(21)24/h3-11,17H,12-13H2,1-2H3/t17-,21+/m1/s1. The lowest BCUT2D eigenvalue weighted by Gasteiger charge is -2.36. The summed E-state index contributed by atoms with van der Waals surface area (Å²) in [7, 11) is 1.81. The van der Waals surface area contributed by atoms with Crippen LogP contribution in [0.15, 0.2) is 64.7 Å². The van der Waals surface area contributed by atoms with Gasteiger partial charge in [-0.05, 0) is 37.3 Å². The van der Waals surface area contributed by atoms with Gasteiger partial charge in [-0.3, -0.25) is 4.79 Å². The van der Waals surface area contributed by atoms with E-state index in [2.05, 4.69) is 22.0 Å². The van der Waals surface area contributed by atoms with Crippen molar-refractivity contribution < 1.29 is 14.3 Å². The topological polar surface area (TPSA) is 38.8 Å². The zero-order valence-corrected chi connectivity index (χ0v) is 16.3. The molecule has 0 aliphatic carbocycles. The van der Waals surface area contributed by atoms with Crippen LogP contribution in [0, 0.1) is 0 Å². The highest BCUT2D eigenvalue weighted by Gasteiger charge is 2.53. The van der Waals surface area contributed by atoms with E-state index in [4.69, 9.17) is 9.47 Å². The van der Waals surface area contributed by atoms with Gasteiger partial charge in [0.05, 0.1) is 5.69 Å². The summed E-state index contributed by atoms with van der Waals surface area (Å²) in [6, 6.07) is 15.5. The molecule has 1 spiro atoms. The minimum absolute atomic E-state index is 0.0141. The molecule has 2 aromatic rings. The van der Waals surface area contributed by atoms with Gasteiger partial charge in [0.25, 0.3) is 5.91 Å². The third-order valence-electron chi connectivity index (χ3n) is 4.93. The fourth-order valence-electron chi connectivity index (χ4n) is 3.78. The number of carbonyl (C=O) groups excluding carboxylic acids is 1. The molecule has 4 nitrogen and oxygen atoms in total. The second-order valence-corrected chi connectivity index (χ2v) is 7.74. The first-order valence-corrected chi connectivity index (χ1v) is 9.40. The quantitative estimate of drug-likeness (QED) is 0.698. The first-order chi connectivity index (χ1) is 12.5. The molecule has 0 N–H and O–H groups in total. The zero-order valence-electron chi connectivity index (χ0n) is 14.7. The highest BCUT2D eigenvalue weighted by atomic mass is 79.9. The fourth-order valence-corrected chi connectivity index (χ4v) is 4.05. The van der Waals surface area contributed by atoms with Crippen LogP contribution in [0.3, 0.4) is 0 Å². The molecule has 0 unspecified atom stereocenters. The van der Waals surface area contributed by atoms with Crippen molar-refractivity contribution >= 4 is 27.5 Å². The Morgan fingerprint density at radius 2 is 1.96 bits per heavy atom. The number of nitrogens with zero attached hydrogens (tertiary/aromatic N) is 1. The van der Waals surface area contributed by atoms with E-state index in [0.29, 0.717) is 13.0 Å². The number of ether oxygens (including phenoxy) is 2. The van der Waals surface area contributed by atoms with Crippen molar-refractivity contribution in [2.75, 3.05) is 18.6 Å². The summed E-state index contributed by atoms with van der Waals surface area (Å²) in [6.07, 6.45) is 2.34. The first kappa shape index (κ1) is 17.3. The van der Waals surface area contributed by atoms with Gasteiger partial charge in [-0.25, -0.2) is 0 Å². The molecule has 0 saturated heterocycles. The Morgan fingerprint density at radius 1 is 1.23 bits per heavy atom. The number of anilines is 1. The van der Waals surface area contributed by atoms with Crippen LogP contribution in [0.25, 0.3) is 0 Å². The molecule has 0 bridgehead atoms. The highest BCUT2D eigenvalue weighted by molar-refractivity contribution is 9.10. The molecule has 26 heavy (non-hydrogen) atoms. The highest BCUT2D eigenvalue weighted by Crippen LogP contribution is 2.48. The predicted molar refractivity (Wildman–Crippen MR) is 104 cm³/mol. The Morgan fingerprint density at radius 3 is 2.73 bits per heavy atom. The van der Waals surface area contributed by atoms with Crippen molar-refractivity contribution in [3.05, 3.63) is 70.2 Å². The maximum atomic E-state index is 13.1. The molecule has 2 aromatic carbocycles. The van der Waals surface area contributed by atoms with Crippen molar-refractivity contribution in [2.24, 2.45) is 0 Å². The largest absolute Gasteiger partial charge is 0.491 e. The van der Waals surface area contributed by atoms with Crippen molar-refractivity contribution in [3.63, 3.8) is 0 Å². The molecule has 5 heteroatoms. The second kappa shape index (κ2) is 6.56. The molecular weight excluding hydrogens is 394 g/mol. The summed E-state index contributed by atoms with van der Waals surface area (Å²) >= 11 is 3.42. The number of para-hydroxylation sites is 1. The van der Waals surface area contributed by atoms with E-state index in [1.54, 1.807) is 11.9 Å². The molecule has 1 amide bonds. The zero-order chi connectivity index (χ0) is 18.3. The second-order valence-electron chi connectivity index (χ2n) is 6.82. The van der Waals surface area contributed by atoms with Crippen molar-refractivity contribution in [2.45, 2.75) is 25.0 Å². The lowest BCUT2D eigenvalue weighted by molar-refractivity contribution is -0.153. The number of fused-ring (bicyclic) bond motifs is 2.